The van der Waals surface area contributed by atoms with E-state index in [0.717, 1.165) is 116 Å². The molecule has 0 saturated heterocycles. The average Bonchev–Trinajstić information content (AvgIpc) is 4.09. The van der Waals surface area contributed by atoms with Gasteiger partial charge in [-0.25, -0.2) is 15.0 Å². The van der Waals surface area contributed by atoms with Crippen molar-refractivity contribution >= 4 is 93.2 Å². The summed E-state index contributed by atoms with van der Waals surface area (Å²) < 4.78 is 22.0. The predicted octanol–water partition coefficient (Wildman–Crippen LogP) is 14.9. The number of hydrogen-bond donors (Lipinski definition) is 0. The van der Waals surface area contributed by atoms with Crippen LogP contribution < -0.4 is 0 Å². The summed E-state index contributed by atoms with van der Waals surface area (Å²) >= 11 is 0. The molecule has 0 bridgehead atoms. The van der Waals surface area contributed by atoms with Crippen LogP contribution in [0.3, 0.4) is 0 Å². The van der Waals surface area contributed by atoms with Gasteiger partial charge < -0.3 is 17.8 Å². The number of aromatic nitrogens is 4. The zero-order valence-electron chi connectivity index (χ0n) is 33.1. The molecule has 0 aliphatic heterocycles. The first-order valence-electron chi connectivity index (χ1n) is 20.5. The van der Waals surface area contributed by atoms with Gasteiger partial charge in [0.05, 0.1) is 16.4 Å². The van der Waals surface area contributed by atoms with Crippen molar-refractivity contribution in [1.29, 1.82) is 0 Å². The van der Waals surface area contributed by atoms with Crippen molar-refractivity contribution in [2.24, 2.45) is 0 Å². The summed E-state index contributed by atoms with van der Waals surface area (Å²) in [5, 5.41) is 8.39. The molecule has 13 aromatic rings. The van der Waals surface area contributed by atoms with Crippen molar-refractivity contribution in [3.05, 3.63) is 189 Å². The van der Waals surface area contributed by atoms with Crippen molar-refractivity contribution < 1.29 is 13.3 Å². The van der Waals surface area contributed by atoms with Crippen molar-refractivity contribution in [1.82, 2.24) is 19.5 Å². The van der Waals surface area contributed by atoms with Gasteiger partial charge in [0.2, 0.25) is 0 Å². The van der Waals surface area contributed by atoms with Crippen LogP contribution in [-0.4, -0.2) is 19.5 Å². The van der Waals surface area contributed by atoms with E-state index >= 15 is 0 Å². The van der Waals surface area contributed by atoms with E-state index in [0.29, 0.717) is 23.0 Å². The molecule has 0 atom stereocenters. The molecule has 7 heteroatoms. The number of allylic oxidation sites excluding steroid dienone is 2. The first kappa shape index (κ1) is 34.3. The van der Waals surface area contributed by atoms with Crippen molar-refractivity contribution in [3.63, 3.8) is 0 Å². The Labute approximate surface area is 353 Å². The predicted molar refractivity (Wildman–Crippen MR) is 252 cm³/mol. The van der Waals surface area contributed by atoms with Gasteiger partial charge in [0.25, 0.3) is 0 Å². The van der Waals surface area contributed by atoms with Gasteiger partial charge in [0.15, 0.2) is 17.5 Å². The Bertz CT molecular complexity index is 4030. The Morgan fingerprint density at radius 1 is 0.452 bits per heavy atom. The quantitative estimate of drug-likeness (QED) is 0.156. The van der Waals surface area contributed by atoms with Crippen molar-refractivity contribution in [2.75, 3.05) is 0 Å². The summed E-state index contributed by atoms with van der Waals surface area (Å²) in [6.07, 6.45) is 1.67. The first-order valence-corrected chi connectivity index (χ1v) is 20.5. The zero-order valence-corrected chi connectivity index (χ0v) is 33.1. The Hall–Kier alpha value is -8.55. The normalized spacial score (nSPS) is 12.0. The minimum atomic E-state index is 0.468. The highest BCUT2D eigenvalue weighted by atomic mass is 16.3. The summed E-state index contributed by atoms with van der Waals surface area (Å²) in [6, 6.07) is 56.2. The van der Waals surface area contributed by atoms with Gasteiger partial charge in [-0.05, 0) is 77.9 Å². The van der Waals surface area contributed by atoms with Gasteiger partial charge in [0.1, 0.15) is 33.5 Å². The van der Waals surface area contributed by atoms with Crippen LogP contribution in [0.25, 0.3) is 133 Å². The highest BCUT2D eigenvalue weighted by molar-refractivity contribution is 6.24. The van der Waals surface area contributed by atoms with Gasteiger partial charge in [-0.15, -0.1) is 0 Å². The fraction of sp³-hybridized carbons (Fsp3) is 0. The summed E-state index contributed by atoms with van der Waals surface area (Å²) in [7, 11) is 0. The van der Waals surface area contributed by atoms with Crippen molar-refractivity contribution in [3.8, 4) is 39.6 Å². The fourth-order valence-corrected chi connectivity index (χ4v) is 9.34. The van der Waals surface area contributed by atoms with E-state index in [-0.39, 0.29) is 0 Å². The van der Waals surface area contributed by atoms with Crippen LogP contribution >= 0.6 is 0 Å². The van der Waals surface area contributed by atoms with E-state index < -0.39 is 0 Å². The Balaban J connectivity index is 1.01. The molecule has 8 aromatic carbocycles. The van der Waals surface area contributed by atoms with Crippen LogP contribution in [0.15, 0.2) is 196 Å². The van der Waals surface area contributed by atoms with Crippen molar-refractivity contribution in [2.45, 2.75) is 0 Å². The zero-order chi connectivity index (χ0) is 41.1. The lowest BCUT2D eigenvalue weighted by Gasteiger charge is -2.09. The largest absolute Gasteiger partial charge is 0.456 e. The molecule has 5 heterocycles. The Morgan fingerprint density at radius 2 is 1.11 bits per heavy atom. The lowest BCUT2D eigenvalue weighted by molar-refractivity contribution is 0.669. The number of rotatable bonds is 6. The molecule has 0 radical (unpaired) electrons. The minimum Gasteiger partial charge on any atom is -0.456 e. The molecule has 290 valence electrons. The van der Waals surface area contributed by atoms with Gasteiger partial charge in [-0.2, -0.15) is 0 Å². The molecule has 0 unspecified atom stereocenters. The first-order chi connectivity index (χ1) is 30.6. The van der Waals surface area contributed by atoms with Gasteiger partial charge in [-0.3, -0.25) is 0 Å². The molecular formula is C55H32N4O3. The molecule has 0 spiro atoms. The molecule has 0 fully saturated rings. The monoisotopic (exact) mass is 796 g/mol. The lowest BCUT2D eigenvalue weighted by atomic mass is 9.97. The number of fused-ring (bicyclic) bond motifs is 13. The molecule has 7 nitrogen and oxygen atoms in total. The molecular weight excluding hydrogens is 765 g/mol. The number of nitrogens with zero attached hydrogens (tertiary/aromatic N) is 4. The smallest absolute Gasteiger partial charge is 0.164 e. The maximum absolute atomic E-state index is 6.58. The Morgan fingerprint density at radius 3 is 1.94 bits per heavy atom. The van der Waals surface area contributed by atoms with E-state index in [1.807, 2.05) is 72.8 Å². The molecule has 0 aliphatic rings. The molecule has 13 rings (SSSR count). The highest BCUT2D eigenvalue weighted by Gasteiger charge is 2.22. The summed E-state index contributed by atoms with van der Waals surface area (Å²) in [5.74, 6) is 1.55. The van der Waals surface area contributed by atoms with Crippen LogP contribution in [0.4, 0.5) is 0 Å². The Kier molecular flexibility index (Phi) is 7.18. The van der Waals surface area contributed by atoms with Gasteiger partial charge in [-0.1, -0.05) is 116 Å². The minimum absolute atomic E-state index is 0.468. The number of benzene rings is 8. The molecule has 0 amide bonds. The fourth-order valence-electron chi connectivity index (χ4n) is 9.34. The van der Waals surface area contributed by atoms with Gasteiger partial charge >= 0.3 is 0 Å². The third kappa shape index (κ3) is 4.96. The summed E-state index contributed by atoms with van der Waals surface area (Å²) in [6.45, 7) is 8.10. The lowest BCUT2D eigenvalue weighted by Crippen LogP contribution is -2.02. The molecule has 5 aromatic heterocycles. The SMILES string of the molecule is C=CC(=C)c1nc(-c2ccccc2)nc(-c2cccc3oc4ccc(-c5cccc6oc7ccc(-n8c9ccccc9c9c%10oc%11ccccc%11c%10ccc98)cc7c56)cc4c23)n1. The maximum Gasteiger partial charge on any atom is 0.164 e. The number of furan rings is 3. The van der Waals surface area contributed by atoms with Crippen LogP contribution in [0.5, 0.6) is 0 Å². The number of para-hydroxylation sites is 2. The van der Waals surface area contributed by atoms with E-state index in [4.69, 9.17) is 28.2 Å². The topological polar surface area (TPSA) is 83.0 Å². The van der Waals surface area contributed by atoms with E-state index in [2.05, 4.69) is 109 Å². The number of hydrogen-bond acceptors (Lipinski definition) is 6. The van der Waals surface area contributed by atoms with Crippen LogP contribution in [0, 0.1) is 0 Å². The molecule has 0 N–H and O–H groups in total. The second-order valence-electron chi connectivity index (χ2n) is 15.6. The third-order valence-corrected chi connectivity index (χ3v) is 12.2. The summed E-state index contributed by atoms with van der Waals surface area (Å²) in [5.41, 5.74) is 12.5. The molecule has 62 heavy (non-hydrogen) atoms. The van der Waals surface area contributed by atoms with Crippen LogP contribution in [-0.2, 0) is 0 Å². The molecule has 0 saturated carbocycles. The second-order valence-corrected chi connectivity index (χ2v) is 15.6. The van der Waals surface area contributed by atoms with E-state index in [9.17, 15) is 0 Å². The molecule has 0 aliphatic carbocycles. The standard InChI is InChI=1S/C55H32N4O3/c1-3-31(2)53-56-54(32-13-5-4-6-14-32)58-55(57-53)39-18-12-22-48-50(39)40-29-33(23-27-45(40)60-48)35-17-11-21-47-49(35)41-30-34(24-28-46(41)61-47)59-42-19-9-7-16-38(42)51-43(59)26-25-37-36-15-8-10-20-44(36)62-52(37)51/h3-30H,1-2H2. The van der Waals surface area contributed by atoms with E-state index in [1.54, 1.807) is 6.08 Å². The highest BCUT2D eigenvalue weighted by Crippen LogP contribution is 2.44. The summed E-state index contributed by atoms with van der Waals surface area (Å²) in [4.78, 5) is 14.7. The van der Waals surface area contributed by atoms with Gasteiger partial charge in [0, 0.05) is 60.1 Å². The maximum atomic E-state index is 6.58. The van der Waals surface area contributed by atoms with Crippen LogP contribution in [0.1, 0.15) is 5.82 Å². The van der Waals surface area contributed by atoms with Crippen LogP contribution in [0.2, 0.25) is 0 Å². The van der Waals surface area contributed by atoms with E-state index in [1.165, 1.54) is 0 Å². The third-order valence-electron chi connectivity index (χ3n) is 12.2. The average molecular weight is 797 g/mol. The second kappa shape index (κ2) is 13.0.